The number of likely N-dealkylation sites (tertiary alicyclic amines) is 1. The normalized spacial score (nSPS) is 20.6. The van der Waals surface area contributed by atoms with Gasteiger partial charge in [0, 0.05) is 42.4 Å². The fourth-order valence-corrected chi connectivity index (χ4v) is 4.28. The van der Waals surface area contributed by atoms with Gasteiger partial charge >= 0.3 is 0 Å². The number of fused-ring (bicyclic) bond motifs is 2. The molecule has 3 aromatic rings. The molecule has 0 amide bonds. The second-order valence-electron chi connectivity index (χ2n) is 7.69. The number of ketones is 1. The summed E-state index contributed by atoms with van der Waals surface area (Å²) in [5.74, 6) is 0.848. The predicted octanol–water partition coefficient (Wildman–Crippen LogP) is 2.81. The Morgan fingerprint density at radius 2 is 2.28 bits per heavy atom. The molecule has 0 spiro atoms. The van der Waals surface area contributed by atoms with Gasteiger partial charge in [0.1, 0.15) is 5.75 Å². The summed E-state index contributed by atoms with van der Waals surface area (Å²) < 4.78 is 6.11. The van der Waals surface area contributed by atoms with E-state index in [2.05, 4.69) is 27.0 Å². The van der Waals surface area contributed by atoms with Gasteiger partial charge in [0.15, 0.2) is 11.4 Å². The molecule has 0 bridgehead atoms. The van der Waals surface area contributed by atoms with Crippen molar-refractivity contribution < 1.29 is 9.53 Å². The molecule has 0 radical (unpaired) electrons. The molecular weight excluding hydrogens is 366 g/mol. The smallest absolute Gasteiger partial charge is 0.232 e. The van der Waals surface area contributed by atoms with Crippen molar-refractivity contribution in [2.45, 2.75) is 32.4 Å². The van der Waals surface area contributed by atoms with Gasteiger partial charge in [-0.2, -0.15) is 5.10 Å². The topological polar surface area (TPSA) is 97.1 Å². The Kier molecular flexibility index (Phi) is 4.41. The minimum Gasteiger partial charge on any atom is -0.452 e. The number of nitrogens with zero attached hydrogens (tertiary/aromatic N) is 3. The fraction of sp³-hybridized carbons (Fsp3) is 0.318. The number of Topliss-reactive ketones (excluding diaryl/α,β-unsaturated/α-hetero) is 1. The van der Waals surface area contributed by atoms with Gasteiger partial charge < -0.3 is 10.5 Å². The maximum Gasteiger partial charge on any atom is 0.232 e. The zero-order valence-corrected chi connectivity index (χ0v) is 16.3. The van der Waals surface area contributed by atoms with Crippen LogP contribution in [0.2, 0.25) is 0 Å². The summed E-state index contributed by atoms with van der Waals surface area (Å²) in [6, 6.07) is 8.00. The molecule has 7 nitrogen and oxygen atoms in total. The summed E-state index contributed by atoms with van der Waals surface area (Å²) in [6.45, 7) is 4.48. The molecule has 2 aliphatic rings. The zero-order chi connectivity index (χ0) is 20.0. The molecule has 4 heterocycles. The van der Waals surface area contributed by atoms with E-state index in [-0.39, 0.29) is 5.78 Å². The Labute approximate surface area is 168 Å². The maximum atomic E-state index is 13.0. The van der Waals surface area contributed by atoms with Crippen LogP contribution in [0, 0.1) is 6.92 Å². The molecular formula is C22H23N5O2. The number of pyridine rings is 1. The highest BCUT2D eigenvalue weighted by atomic mass is 16.5. The molecule has 0 aliphatic carbocycles. The largest absolute Gasteiger partial charge is 0.452 e. The van der Waals surface area contributed by atoms with Gasteiger partial charge in [-0.15, -0.1) is 0 Å². The Morgan fingerprint density at radius 1 is 1.38 bits per heavy atom. The highest BCUT2D eigenvalue weighted by Gasteiger charge is 2.32. The molecule has 5 rings (SSSR count). The number of nitrogens with one attached hydrogen (secondary N) is 1. The summed E-state index contributed by atoms with van der Waals surface area (Å²) in [6.07, 6.45) is 5.67. The van der Waals surface area contributed by atoms with Crippen LogP contribution in [0.5, 0.6) is 5.75 Å². The number of ether oxygens (including phenoxy) is 1. The molecule has 1 fully saturated rings. The van der Waals surface area contributed by atoms with Crippen molar-refractivity contribution in [1.82, 2.24) is 20.1 Å². The molecule has 1 atom stereocenters. The summed E-state index contributed by atoms with van der Waals surface area (Å²) >= 11 is 0. The van der Waals surface area contributed by atoms with Gasteiger partial charge in [-0.25, -0.2) is 4.98 Å². The van der Waals surface area contributed by atoms with Gasteiger partial charge in [-0.3, -0.25) is 14.8 Å². The molecule has 3 N–H and O–H groups in total. The summed E-state index contributed by atoms with van der Waals surface area (Å²) in [4.78, 5) is 19.6. The van der Waals surface area contributed by atoms with Crippen LogP contribution in [-0.4, -0.2) is 45.0 Å². The van der Waals surface area contributed by atoms with E-state index in [0.29, 0.717) is 41.0 Å². The number of hydrogen-bond donors (Lipinski definition) is 2. The first-order chi connectivity index (χ1) is 14.2. The SMILES string of the molecule is Cc1ccc2c(c1CN1CCCC1CN)O/C(=C\c1n[nH]c3ncccc13)C2=O. The van der Waals surface area contributed by atoms with Gasteiger partial charge in [-0.05, 0) is 50.1 Å². The third-order valence-corrected chi connectivity index (χ3v) is 5.94. The van der Waals surface area contributed by atoms with E-state index >= 15 is 0 Å². The summed E-state index contributed by atoms with van der Waals surface area (Å²) in [5, 5.41) is 8.02. The highest BCUT2D eigenvalue weighted by molar-refractivity contribution is 6.15. The minimum atomic E-state index is -0.113. The van der Waals surface area contributed by atoms with Crippen LogP contribution in [0.15, 0.2) is 36.2 Å². The quantitative estimate of drug-likeness (QED) is 0.666. The average Bonchev–Trinajstić information content (AvgIpc) is 3.43. The third kappa shape index (κ3) is 3.03. The number of hydrogen-bond acceptors (Lipinski definition) is 6. The molecule has 0 saturated carbocycles. The van der Waals surface area contributed by atoms with E-state index in [9.17, 15) is 4.79 Å². The van der Waals surface area contributed by atoms with E-state index in [1.807, 2.05) is 24.3 Å². The standard InChI is InChI=1S/C22H23N5O2/c1-13-6-7-16-20(28)19(10-18-15-5-2-8-24-22(15)26-25-18)29-21(16)17(13)12-27-9-3-4-14(27)11-23/h2,5-8,10,14H,3-4,9,11-12,23H2,1H3,(H,24,25,26)/b19-10-. The van der Waals surface area contributed by atoms with Crippen LogP contribution in [0.3, 0.4) is 0 Å². The van der Waals surface area contributed by atoms with Gasteiger partial charge in [0.2, 0.25) is 5.78 Å². The molecule has 29 heavy (non-hydrogen) atoms. The molecule has 1 unspecified atom stereocenters. The third-order valence-electron chi connectivity index (χ3n) is 5.94. The number of benzene rings is 1. The van der Waals surface area contributed by atoms with Crippen LogP contribution in [0.25, 0.3) is 17.1 Å². The van der Waals surface area contributed by atoms with Crippen molar-refractivity contribution in [3.8, 4) is 5.75 Å². The Hall–Kier alpha value is -3.03. The average molecular weight is 389 g/mol. The number of H-pyrrole nitrogens is 1. The molecule has 2 aromatic heterocycles. The van der Waals surface area contributed by atoms with E-state index in [0.717, 1.165) is 42.4 Å². The van der Waals surface area contributed by atoms with E-state index in [1.54, 1.807) is 12.3 Å². The first-order valence-electron chi connectivity index (χ1n) is 9.95. The van der Waals surface area contributed by atoms with Crippen LogP contribution >= 0.6 is 0 Å². The second kappa shape index (κ2) is 7.09. The van der Waals surface area contributed by atoms with Crippen molar-refractivity contribution in [3.05, 3.63) is 58.6 Å². The van der Waals surface area contributed by atoms with Crippen LogP contribution in [0.4, 0.5) is 0 Å². The molecule has 148 valence electrons. The maximum absolute atomic E-state index is 13.0. The first kappa shape index (κ1) is 18.0. The predicted molar refractivity (Wildman–Crippen MR) is 110 cm³/mol. The van der Waals surface area contributed by atoms with Crippen molar-refractivity contribution in [3.63, 3.8) is 0 Å². The van der Waals surface area contributed by atoms with E-state index < -0.39 is 0 Å². The number of allylic oxidation sites excluding steroid dienone is 1. The lowest BCUT2D eigenvalue weighted by molar-refractivity contribution is 0.101. The monoisotopic (exact) mass is 389 g/mol. The number of aryl methyl sites for hydroxylation is 1. The van der Waals surface area contributed by atoms with Crippen LogP contribution < -0.4 is 10.5 Å². The molecule has 2 aliphatic heterocycles. The lowest BCUT2D eigenvalue weighted by atomic mass is 10.0. The van der Waals surface area contributed by atoms with Crippen molar-refractivity contribution in [1.29, 1.82) is 0 Å². The Balaban J connectivity index is 1.50. The van der Waals surface area contributed by atoms with Crippen LogP contribution in [0.1, 0.15) is 40.0 Å². The summed E-state index contributed by atoms with van der Waals surface area (Å²) in [7, 11) is 0. The lowest BCUT2D eigenvalue weighted by Gasteiger charge is -2.24. The minimum absolute atomic E-state index is 0.113. The first-order valence-corrected chi connectivity index (χ1v) is 9.95. The fourth-order valence-electron chi connectivity index (χ4n) is 4.28. The number of nitrogens with two attached hydrogens (primary N) is 1. The number of carbonyl (C=O) groups excluding carboxylic acids is 1. The van der Waals surface area contributed by atoms with Gasteiger partial charge in [0.25, 0.3) is 0 Å². The molecule has 7 heteroatoms. The van der Waals surface area contributed by atoms with Gasteiger partial charge in [-0.1, -0.05) is 6.07 Å². The second-order valence-corrected chi connectivity index (χ2v) is 7.69. The van der Waals surface area contributed by atoms with Gasteiger partial charge in [0.05, 0.1) is 11.3 Å². The number of carbonyl (C=O) groups is 1. The van der Waals surface area contributed by atoms with E-state index in [1.165, 1.54) is 0 Å². The highest BCUT2D eigenvalue weighted by Crippen LogP contribution is 2.38. The zero-order valence-electron chi connectivity index (χ0n) is 16.3. The van der Waals surface area contributed by atoms with E-state index in [4.69, 9.17) is 10.5 Å². The molecule has 1 aromatic carbocycles. The van der Waals surface area contributed by atoms with Crippen molar-refractivity contribution >= 4 is 22.9 Å². The summed E-state index contributed by atoms with van der Waals surface area (Å²) in [5.41, 5.74) is 10.1. The number of aromatic amines is 1. The van der Waals surface area contributed by atoms with Crippen molar-refractivity contribution in [2.24, 2.45) is 5.73 Å². The number of aromatic nitrogens is 3. The Morgan fingerprint density at radius 3 is 3.14 bits per heavy atom. The Bertz CT molecular complexity index is 1130. The van der Waals surface area contributed by atoms with Crippen molar-refractivity contribution in [2.75, 3.05) is 13.1 Å². The lowest BCUT2D eigenvalue weighted by Crippen LogP contribution is -2.35. The molecule has 1 saturated heterocycles. The number of rotatable bonds is 4. The van der Waals surface area contributed by atoms with Crippen LogP contribution in [-0.2, 0) is 6.54 Å².